The Balaban J connectivity index is 2.07. The summed E-state index contributed by atoms with van der Waals surface area (Å²) < 4.78 is 5.64. The fourth-order valence-corrected chi connectivity index (χ4v) is 1.73. The molecule has 0 radical (unpaired) electrons. The van der Waals surface area contributed by atoms with E-state index >= 15 is 0 Å². The largest absolute Gasteiger partial charge is 0.419 e. The smallest absolute Gasteiger partial charge is 0.247 e. The predicted octanol–water partition coefficient (Wildman–Crippen LogP) is 1.44. The van der Waals surface area contributed by atoms with Gasteiger partial charge in [0.2, 0.25) is 17.7 Å². The fraction of sp³-hybridized carbons (Fsp3) is 0.357. The Morgan fingerprint density at radius 3 is 2.90 bits per heavy atom. The molecule has 0 unspecified atom stereocenters. The lowest BCUT2D eigenvalue weighted by molar-refractivity contribution is -0.119. The van der Waals surface area contributed by atoms with E-state index in [4.69, 9.17) is 4.42 Å². The van der Waals surface area contributed by atoms with Crippen molar-refractivity contribution in [1.29, 1.82) is 0 Å². The number of amides is 1. The molecule has 1 amide bonds. The molecule has 1 atom stereocenters. The fourth-order valence-electron chi connectivity index (χ4n) is 1.73. The van der Waals surface area contributed by atoms with Gasteiger partial charge in [0.05, 0.1) is 12.6 Å². The van der Waals surface area contributed by atoms with Crippen LogP contribution in [-0.4, -0.2) is 29.7 Å². The quantitative estimate of drug-likeness (QED) is 0.862. The van der Waals surface area contributed by atoms with Crippen molar-refractivity contribution in [2.45, 2.75) is 19.9 Å². The first kappa shape index (κ1) is 14.2. The van der Waals surface area contributed by atoms with Crippen LogP contribution in [-0.2, 0) is 4.79 Å². The van der Waals surface area contributed by atoms with Gasteiger partial charge in [-0.25, -0.2) is 0 Å². The second-order valence-corrected chi connectivity index (χ2v) is 4.59. The average molecular weight is 274 g/mol. The van der Waals surface area contributed by atoms with Crippen LogP contribution in [0.25, 0.3) is 11.5 Å². The number of nitrogens with one attached hydrogen (secondary N) is 2. The molecule has 0 aliphatic carbocycles. The first-order valence-corrected chi connectivity index (χ1v) is 6.44. The maximum atomic E-state index is 11.2. The van der Waals surface area contributed by atoms with Gasteiger partial charge in [0, 0.05) is 12.6 Å². The van der Waals surface area contributed by atoms with Crippen molar-refractivity contribution in [3.63, 3.8) is 0 Å². The van der Waals surface area contributed by atoms with Gasteiger partial charge in [0.25, 0.3) is 0 Å². The Kier molecular flexibility index (Phi) is 4.47. The van der Waals surface area contributed by atoms with Gasteiger partial charge in [-0.2, -0.15) is 0 Å². The topological polar surface area (TPSA) is 80.0 Å². The number of aryl methyl sites for hydroxylation is 1. The summed E-state index contributed by atoms with van der Waals surface area (Å²) in [6, 6.07) is 7.68. The number of likely N-dealkylation sites (N-methyl/N-ethyl adjacent to an activating group) is 1. The number of hydrogen-bond acceptors (Lipinski definition) is 5. The summed E-state index contributed by atoms with van der Waals surface area (Å²) in [5.74, 6) is 0.859. The Labute approximate surface area is 117 Å². The van der Waals surface area contributed by atoms with Crippen LogP contribution in [0.2, 0.25) is 0 Å². The first-order chi connectivity index (χ1) is 9.60. The van der Waals surface area contributed by atoms with E-state index in [1.165, 1.54) is 0 Å². The van der Waals surface area contributed by atoms with Gasteiger partial charge in [0.1, 0.15) is 0 Å². The molecule has 2 rings (SSSR count). The van der Waals surface area contributed by atoms with Crippen molar-refractivity contribution in [2.24, 2.45) is 0 Å². The van der Waals surface area contributed by atoms with E-state index in [0.717, 1.165) is 11.1 Å². The van der Waals surface area contributed by atoms with Crippen molar-refractivity contribution in [2.75, 3.05) is 13.6 Å². The number of rotatable bonds is 5. The van der Waals surface area contributed by atoms with Crippen molar-refractivity contribution < 1.29 is 9.21 Å². The van der Waals surface area contributed by atoms with Gasteiger partial charge >= 0.3 is 0 Å². The van der Waals surface area contributed by atoms with E-state index in [2.05, 4.69) is 20.8 Å². The minimum atomic E-state index is -0.182. The van der Waals surface area contributed by atoms with Crippen molar-refractivity contribution in [3.05, 3.63) is 35.7 Å². The Hall–Kier alpha value is -2.21. The van der Waals surface area contributed by atoms with Crippen LogP contribution in [0, 0.1) is 6.92 Å². The van der Waals surface area contributed by atoms with Crippen LogP contribution in [0.15, 0.2) is 28.7 Å². The molecular formula is C14H18N4O2. The lowest BCUT2D eigenvalue weighted by Gasteiger charge is -2.08. The molecule has 20 heavy (non-hydrogen) atoms. The zero-order valence-corrected chi connectivity index (χ0v) is 11.8. The highest BCUT2D eigenvalue weighted by Crippen LogP contribution is 2.21. The third-order valence-corrected chi connectivity index (χ3v) is 2.92. The van der Waals surface area contributed by atoms with E-state index in [0.29, 0.717) is 11.8 Å². The molecule has 0 aliphatic heterocycles. The van der Waals surface area contributed by atoms with Crippen molar-refractivity contribution in [1.82, 2.24) is 20.8 Å². The highest BCUT2D eigenvalue weighted by molar-refractivity contribution is 5.77. The molecule has 0 saturated carbocycles. The minimum Gasteiger partial charge on any atom is -0.419 e. The molecule has 1 heterocycles. The standard InChI is InChI=1S/C14H18N4O2/c1-9-5-4-6-11(7-9)14-18-17-13(20-14)10(2)16-8-12(19)15-3/h4-7,10,16H,8H2,1-3H3,(H,15,19)/t10-/m0/s1. The molecule has 0 spiro atoms. The van der Waals surface area contributed by atoms with E-state index in [1.54, 1.807) is 7.05 Å². The van der Waals surface area contributed by atoms with Gasteiger partial charge in [-0.15, -0.1) is 10.2 Å². The number of aromatic nitrogens is 2. The summed E-state index contributed by atoms with van der Waals surface area (Å²) in [5.41, 5.74) is 2.02. The highest BCUT2D eigenvalue weighted by atomic mass is 16.4. The predicted molar refractivity (Wildman–Crippen MR) is 75.0 cm³/mol. The molecule has 2 N–H and O–H groups in total. The normalized spacial score (nSPS) is 12.2. The van der Waals surface area contributed by atoms with Gasteiger partial charge in [0.15, 0.2) is 0 Å². The van der Waals surface area contributed by atoms with Gasteiger partial charge in [-0.1, -0.05) is 17.7 Å². The molecule has 0 bridgehead atoms. The maximum Gasteiger partial charge on any atom is 0.247 e. The molecule has 6 heteroatoms. The second kappa shape index (κ2) is 6.29. The second-order valence-electron chi connectivity index (χ2n) is 4.59. The van der Waals surface area contributed by atoms with Crippen LogP contribution in [0.4, 0.5) is 0 Å². The van der Waals surface area contributed by atoms with Crippen LogP contribution < -0.4 is 10.6 Å². The Bertz CT molecular complexity index is 594. The molecular weight excluding hydrogens is 256 g/mol. The third-order valence-electron chi connectivity index (χ3n) is 2.92. The lowest BCUT2D eigenvalue weighted by Crippen LogP contribution is -2.32. The molecule has 0 saturated heterocycles. The number of hydrogen-bond donors (Lipinski definition) is 2. The van der Waals surface area contributed by atoms with Crippen LogP contribution in [0.3, 0.4) is 0 Å². The van der Waals surface area contributed by atoms with Gasteiger partial charge in [-0.05, 0) is 26.0 Å². The summed E-state index contributed by atoms with van der Waals surface area (Å²) in [5, 5.41) is 13.6. The third kappa shape index (κ3) is 3.42. The van der Waals surface area contributed by atoms with Crippen LogP contribution >= 0.6 is 0 Å². The number of nitrogens with zero attached hydrogens (tertiary/aromatic N) is 2. The van der Waals surface area contributed by atoms with E-state index in [-0.39, 0.29) is 18.5 Å². The van der Waals surface area contributed by atoms with Gasteiger partial charge in [-0.3, -0.25) is 10.1 Å². The van der Waals surface area contributed by atoms with E-state index in [9.17, 15) is 4.79 Å². The number of benzene rings is 1. The molecule has 2 aromatic rings. The summed E-state index contributed by atoms with van der Waals surface area (Å²) >= 11 is 0. The number of carbonyl (C=O) groups excluding carboxylic acids is 1. The Morgan fingerprint density at radius 2 is 2.20 bits per heavy atom. The molecule has 106 valence electrons. The molecule has 6 nitrogen and oxygen atoms in total. The monoisotopic (exact) mass is 274 g/mol. The van der Waals surface area contributed by atoms with Crippen LogP contribution in [0.1, 0.15) is 24.4 Å². The molecule has 1 aromatic carbocycles. The highest BCUT2D eigenvalue weighted by Gasteiger charge is 2.15. The summed E-state index contributed by atoms with van der Waals surface area (Å²) in [6.45, 7) is 4.09. The molecule has 1 aromatic heterocycles. The first-order valence-electron chi connectivity index (χ1n) is 6.44. The van der Waals surface area contributed by atoms with Crippen LogP contribution in [0.5, 0.6) is 0 Å². The van der Waals surface area contributed by atoms with Crippen molar-refractivity contribution in [3.8, 4) is 11.5 Å². The van der Waals surface area contributed by atoms with E-state index < -0.39 is 0 Å². The minimum absolute atomic E-state index is 0.0877. The number of carbonyl (C=O) groups is 1. The average Bonchev–Trinajstić information content (AvgIpc) is 2.94. The van der Waals surface area contributed by atoms with Crippen molar-refractivity contribution >= 4 is 5.91 Å². The Morgan fingerprint density at radius 1 is 1.40 bits per heavy atom. The molecule has 0 aliphatic rings. The van der Waals surface area contributed by atoms with E-state index in [1.807, 2.05) is 38.1 Å². The SMILES string of the molecule is CNC(=O)CN[C@@H](C)c1nnc(-c2cccc(C)c2)o1. The maximum absolute atomic E-state index is 11.2. The zero-order chi connectivity index (χ0) is 14.5. The summed E-state index contributed by atoms with van der Waals surface area (Å²) in [6.07, 6.45) is 0. The summed E-state index contributed by atoms with van der Waals surface area (Å²) in [7, 11) is 1.59. The molecule has 0 fully saturated rings. The zero-order valence-electron chi connectivity index (χ0n) is 11.8. The van der Waals surface area contributed by atoms with Gasteiger partial charge < -0.3 is 9.73 Å². The lowest BCUT2D eigenvalue weighted by atomic mass is 10.1. The summed E-state index contributed by atoms with van der Waals surface area (Å²) in [4.78, 5) is 11.2.